The summed E-state index contributed by atoms with van der Waals surface area (Å²) in [5.74, 6) is 0. The molecule has 8 heteroatoms. The number of anilines is 12. The van der Waals surface area contributed by atoms with Crippen LogP contribution in [0.1, 0.15) is 292 Å². The van der Waals surface area contributed by atoms with Gasteiger partial charge in [0.05, 0.1) is 10.7 Å². The first-order valence-electron chi connectivity index (χ1n) is 46.1. The van der Waals surface area contributed by atoms with Gasteiger partial charge in [0.15, 0.2) is 0 Å². The molecule has 0 unspecified atom stereocenters. The molecule has 4 nitrogen and oxygen atoms in total. The maximum absolute atomic E-state index is 2.67. The highest BCUT2D eigenvalue weighted by molar-refractivity contribution is 7.33. The summed E-state index contributed by atoms with van der Waals surface area (Å²) in [5.41, 5.74) is 41.5. The van der Waals surface area contributed by atoms with Crippen LogP contribution in [-0.4, -0.2) is 13.4 Å². The molecule has 1 saturated carbocycles. The van der Waals surface area contributed by atoms with Crippen molar-refractivity contribution in [3.63, 3.8) is 0 Å². The largest absolute Gasteiger partial charge is 0.311 e. The fourth-order valence-corrected chi connectivity index (χ4v) is 24.8. The second kappa shape index (κ2) is 27.8. The van der Waals surface area contributed by atoms with Crippen molar-refractivity contribution in [1.82, 2.24) is 0 Å². The van der Waals surface area contributed by atoms with Crippen LogP contribution in [0.4, 0.5) is 67.6 Å². The molecule has 0 saturated heterocycles. The predicted octanol–water partition coefficient (Wildman–Crippen LogP) is 29.5. The molecule has 6 heterocycles. The first-order chi connectivity index (χ1) is 57.5. The summed E-state index contributed by atoms with van der Waals surface area (Å²) in [4.78, 5) is 10.5. The van der Waals surface area contributed by atoms with Crippen LogP contribution in [0, 0.1) is 6.92 Å². The topological polar surface area (TPSA) is 13.0 Å². The molecule has 11 aromatic carbocycles. The molecular formula is C115H130B2N4S2. The van der Waals surface area contributed by atoms with E-state index in [1.165, 1.54) is 225 Å². The molecule has 0 radical (unpaired) electrons. The number of fused-ring (bicyclic) bond motifs is 15. The molecule has 8 aliphatic rings. The lowest BCUT2D eigenvalue weighted by atomic mass is 9.33. The van der Waals surface area contributed by atoms with Gasteiger partial charge in [0.25, 0.3) is 13.4 Å². The summed E-state index contributed by atoms with van der Waals surface area (Å²) in [6, 6.07) is 82.5. The van der Waals surface area contributed by atoms with E-state index >= 15 is 0 Å². The third kappa shape index (κ3) is 13.6. The lowest BCUT2D eigenvalue weighted by Crippen LogP contribution is -2.61. The Morgan fingerprint density at radius 1 is 0.301 bits per heavy atom. The van der Waals surface area contributed by atoms with Gasteiger partial charge in [0.2, 0.25) is 0 Å². The molecule has 0 atom stereocenters. The Labute approximate surface area is 746 Å². The Morgan fingerprint density at radius 2 is 0.659 bits per heavy atom. The van der Waals surface area contributed by atoms with Crippen LogP contribution < -0.4 is 51.7 Å². The van der Waals surface area contributed by atoms with Gasteiger partial charge in [0.1, 0.15) is 0 Å². The van der Waals surface area contributed by atoms with Gasteiger partial charge >= 0.3 is 0 Å². The number of benzene rings is 11. The summed E-state index contributed by atoms with van der Waals surface area (Å²) in [5, 5.41) is 4.18. The molecule has 123 heavy (non-hydrogen) atoms. The Hall–Kier alpha value is -9.33. The number of thiophene rings is 2. The number of hydrogen-bond acceptors (Lipinski definition) is 6. The van der Waals surface area contributed by atoms with E-state index in [2.05, 4.69) is 431 Å². The Kier molecular flexibility index (Phi) is 18.8. The van der Waals surface area contributed by atoms with Crippen molar-refractivity contribution in [3.05, 3.63) is 273 Å². The summed E-state index contributed by atoms with van der Waals surface area (Å²) >= 11 is 4.07. The molecule has 0 N–H and O–H groups in total. The molecule has 4 aliphatic heterocycles. The third-order valence-corrected chi connectivity index (χ3v) is 32.5. The first kappa shape index (κ1) is 83.2. The minimum atomic E-state index is -0.0491. The van der Waals surface area contributed by atoms with Crippen molar-refractivity contribution in [3.8, 4) is 11.1 Å². The maximum Gasteiger partial charge on any atom is 0.264 e. The first-order valence-corrected chi connectivity index (χ1v) is 47.7. The molecule has 0 amide bonds. The number of nitrogens with zero attached hydrogens (tertiary/aromatic N) is 4. The normalized spacial score (nSPS) is 18.6. The second-order valence-corrected chi connectivity index (χ2v) is 49.3. The van der Waals surface area contributed by atoms with E-state index in [1.807, 2.05) is 11.3 Å². The van der Waals surface area contributed by atoms with E-state index in [0.717, 1.165) is 0 Å². The van der Waals surface area contributed by atoms with Crippen molar-refractivity contribution in [1.29, 1.82) is 0 Å². The van der Waals surface area contributed by atoms with Gasteiger partial charge in [-0.1, -0.05) is 284 Å². The molecule has 21 rings (SSSR count). The fraction of sp³-hybridized carbons (Fsp3) is 0.391. The van der Waals surface area contributed by atoms with E-state index in [9.17, 15) is 0 Å². The lowest BCUT2D eigenvalue weighted by molar-refractivity contribution is 0.188. The molecule has 628 valence electrons. The number of hydrogen-bond donors (Lipinski definition) is 0. The van der Waals surface area contributed by atoms with Crippen molar-refractivity contribution >= 4 is 156 Å². The average molecular weight is 1650 g/mol. The van der Waals surface area contributed by atoms with Crippen LogP contribution >= 0.6 is 22.7 Å². The molecule has 2 bridgehead atoms. The molecule has 4 aliphatic carbocycles. The molecule has 2 aromatic heterocycles. The van der Waals surface area contributed by atoms with Gasteiger partial charge in [-0.25, -0.2) is 0 Å². The smallest absolute Gasteiger partial charge is 0.264 e. The van der Waals surface area contributed by atoms with Crippen LogP contribution in [0.25, 0.3) is 31.3 Å². The summed E-state index contributed by atoms with van der Waals surface area (Å²) in [6.07, 6.45) is 7.55. The highest BCUT2D eigenvalue weighted by Crippen LogP contribution is 2.60. The average Bonchev–Trinajstić information content (AvgIpc) is 1.25. The molecule has 13 aromatic rings. The number of aryl methyl sites for hydroxylation is 1. The number of rotatable bonds is 5. The molecule has 1 fully saturated rings. The van der Waals surface area contributed by atoms with Crippen LogP contribution in [0.3, 0.4) is 0 Å². The Bertz CT molecular complexity index is 6460. The van der Waals surface area contributed by atoms with Gasteiger partial charge in [-0.05, 0) is 325 Å². The van der Waals surface area contributed by atoms with Crippen molar-refractivity contribution in [2.24, 2.45) is 0 Å². The predicted molar refractivity (Wildman–Crippen MR) is 541 cm³/mol. The standard InChI is InChI=1S/C62H71BN2S.C53H59BN2S/c1-57(2,3)39-21-26-42(27-22-39)64-50-30-25-41(59(7,8)9)35-49(50)63-54-45-36-47-48(62(15,16)32-31-61(47,13)14)37-53(45)66-56(54)65(43-28-23-40(24-29-43)58(4,5)6)52-34-38(33-51(64)55(52)63)44-19-17-18-20-46(44)60(10,11)12;1-32-27-43-46-44(28-32)56(37-20-15-34(16-21-37)50(5,6)7)47-38-30-39-40(53(12)25-23-52(39,11)24-26-53)31-45(38)57-48(47)54(46)41-29-35(51(8,9)10)17-22-42(41)55(43)36-18-13-33(14-19-36)49(2,3)4/h17-30,33-37H,31-32H2,1-16H3;13-22,27-31H,23-26H2,1-12H3. The monoisotopic (exact) mass is 1650 g/mol. The molecule has 0 spiro atoms. The van der Waals surface area contributed by atoms with Crippen LogP contribution in [-0.2, 0) is 59.6 Å². The van der Waals surface area contributed by atoms with Crippen LogP contribution in [0.15, 0.2) is 206 Å². The third-order valence-electron chi connectivity index (χ3n) is 30.1. The maximum atomic E-state index is 2.67. The van der Waals surface area contributed by atoms with Gasteiger partial charge in [-0.2, -0.15) is 0 Å². The van der Waals surface area contributed by atoms with Gasteiger partial charge in [-0.3, -0.25) is 0 Å². The van der Waals surface area contributed by atoms with Gasteiger partial charge in [0, 0.05) is 76.4 Å². The summed E-state index contributed by atoms with van der Waals surface area (Å²) < 4.78 is 4.30. The highest BCUT2D eigenvalue weighted by atomic mass is 32.1. The highest BCUT2D eigenvalue weighted by Gasteiger charge is 2.52. The lowest BCUT2D eigenvalue weighted by Gasteiger charge is -2.52. The minimum absolute atomic E-state index is 0.0202. The zero-order valence-electron chi connectivity index (χ0n) is 79.1. The summed E-state index contributed by atoms with van der Waals surface area (Å²) in [7, 11) is 0. The van der Waals surface area contributed by atoms with E-state index in [0.29, 0.717) is 0 Å². The minimum Gasteiger partial charge on any atom is -0.311 e. The summed E-state index contributed by atoms with van der Waals surface area (Å²) in [6.45, 7) is 66.4. The fourth-order valence-electron chi connectivity index (χ4n) is 22.1. The van der Waals surface area contributed by atoms with E-state index < -0.39 is 0 Å². The van der Waals surface area contributed by atoms with Crippen molar-refractivity contribution < 1.29 is 0 Å². The zero-order chi connectivity index (χ0) is 87.4. The zero-order valence-corrected chi connectivity index (χ0v) is 80.8. The van der Waals surface area contributed by atoms with Crippen LogP contribution in [0.5, 0.6) is 0 Å². The Morgan fingerprint density at radius 3 is 1.11 bits per heavy atom. The van der Waals surface area contributed by atoms with Gasteiger partial charge in [-0.15, -0.1) is 22.7 Å². The Balaban J connectivity index is 0.000000163. The molecular weight excluding hydrogens is 1520 g/mol. The van der Waals surface area contributed by atoms with E-state index in [1.54, 1.807) is 11.1 Å². The van der Waals surface area contributed by atoms with E-state index in [-0.39, 0.29) is 73.0 Å². The SMILES string of the molecule is CC(C)(C)c1ccc(N2c3ccc(C(C)(C)C)cc3B3c4c2cc(-c2ccccc2C(C)(C)C)cc4N(c2ccc(C(C)(C)C)cc2)c2sc4cc5c(cc4c23)C(C)(C)CCC5(C)C)cc1.Cc1cc2c3c(c1)N(c1ccc(C(C)(C)C)cc1)c1c(sc4cc5c(cc14)C1(C)CCC5(C)CC1)B3c1cc(C(C)(C)C)ccc1N2c1ccc(C(C)(C)C)cc1. The second-order valence-electron chi connectivity index (χ2n) is 47.2. The van der Waals surface area contributed by atoms with Gasteiger partial charge < -0.3 is 19.6 Å². The van der Waals surface area contributed by atoms with Crippen LogP contribution in [0.2, 0.25) is 0 Å². The van der Waals surface area contributed by atoms with Crippen molar-refractivity contribution in [2.75, 3.05) is 19.6 Å². The van der Waals surface area contributed by atoms with Crippen molar-refractivity contribution in [2.45, 2.75) is 292 Å². The quantitative estimate of drug-likeness (QED) is 0.159. The van der Waals surface area contributed by atoms with E-state index in [4.69, 9.17) is 0 Å².